The molecular formula is C21H20N2O3. The number of nitrogens with zero attached hydrogens (tertiary/aromatic N) is 1. The van der Waals surface area contributed by atoms with Crippen LogP contribution in [0, 0.1) is 6.92 Å². The molecule has 0 unspecified atom stereocenters. The number of amides is 1. The van der Waals surface area contributed by atoms with E-state index in [4.69, 9.17) is 10.5 Å². The van der Waals surface area contributed by atoms with Gasteiger partial charge in [-0.25, -0.2) is 0 Å². The number of hydrogen-bond acceptors (Lipinski definition) is 3. The van der Waals surface area contributed by atoms with Gasteiger partial charge in [-0.05, 0) is 36.2 Å². The third-order valence-corrected chi connectivity index (χ3v) is 4.23. The second-order valence-corrected chi connectivity index (χ2v) is 6.15. The molecule has 0 saturated heterocycles. The summed E-state index contributed by atoms with van der Waals surface area (Å²) in [6.07, 6.45) is 1.58. The molecule has 1 amide bonds. The fourth-order valence-electron chi connectivity index (χ4n) is 2.88. The van der Waals surface area contributed by atoms with E-state index >= 15 is 0 Å². The zero-order valence-electron chi connectivity index (χ0n) is 14.7. The molecule has 26 heavy (non-hydrogen) atoms. The van der Waals surface area contributed by atoms with Crippen molar-refractivity contribution < 1.29 is 9.53 Å². The number of nitrogens with two attached hydrogens (primary N) is 1. The van der Waals surface area contributed by atoms with Gasteiger partial charge in [0.1, 0.15) is 5.75 Å². The normalized spacial score (nSPS) is 10.5. The topological polar surface area (TPSA) is 74.3 Å². The number of hydrogen-bond donors (Lipinski definition) is 1. The van der Waals surface area contributed by atoms with Gasteiger partial charge in [0.05, 0.1) is 13.7 Å². The van der Waals surface area contributed by atoms with Crippen LogP contribution in [0.1, 0.15) is 21.5 Å². The molecule has 0 fully saturated rings. The summed E-state index contributed by atoms with van der Waals surface area (Å²) in [7, 11) is 1.64. The summed E-state index contributed by atoms with van der Waals surface area (Å²) in [6.45, 7) is 2.43. The molecule has 0 aliphatic rings. The Hall–Kier alpha value is -3.34. The first kappa shape index (κ1) is 17.5. The minimum Gasteiger partial charge on any atom is -0.496 e. The summed E-state index contributed by atoms with van der Waals surface area (Å²) in [5, 5.41) is 0. The molecule has 0 aliphatic heterocycles. The lowest BCUT2D eigenvalue weighted by Crippen LogP contribution is -2.22. The molecule has 0 saturated carbocycles. The van der Waals surface area contributed by atoms with Gasteiger partial charge < -0.3 is 15.0 Å². The van der Waals surface area contributed by atoms with Crippen LogP contribution in [0.3, 0.4) is 0 Å². The van der Waals surface area contributed by atoms with Crippen LogP contribution in [0.4, 0.5) is 0 Å². The molecular weight excluding hydrogens is 328 g/mol. The smallest absolute Gasteiger partial charge is 0.251 e. The standard InChI is InChI=1S/C21H20N2O3/c1-14-4-3-5-16(10-14)18-11-15(6-7-19(18)26-2)13-23-9-8-17(21(22)25)12-20(23)24/h3-12H,13H2,1-2H3,(H2,22,25). The van der Waals surface area contributed by atoms with E-state index in [1.54, 1.807) is 19.4 Å². The van der Waals surface area contributed by atoms with E-state index in [2.05, 4.69) is 6.07 Å². The van der Waals surface area contributed by atoms with Gasteiger partial charge in [-0.15, -0.1) is 0 Å². The molecule has 5 heteroatoms. The Labute approximate surface area is 151 Å². The Morgan fingerprint density at radius 2 is 1.92 bits per heavy atom. The van der Waals surface area contributed by atoms with Crippen molar-refractivity contribution in [2.75, 3.05) is 7.11 Å². The summed E-state index contributed by atoms with van der Waals surface area (Å²) in [6, 6.07) is 16.8. The maximum atomic E-state index is 12.2. The van der Waals surface area contributed by atoms with Crippen LogP contribution >= 0.6 is 0 Å². The second kappa shape index (κ2) is 7.27. The number of pyridine rings is 1. The first-order chi connectivity index (χ1) is 12.5. The van der Waals surface area contributed by atoms with Crippen molar-refractivity contribution in [2.24, 2.45) is 5.73 Å². The van der Waals surface area contributed by atoms with Crippen molar-refractivity contribution in [1.29, 1.82) is 0 Å². The van der Waals surface area contributed by atoms with Crippen LogP contribution in [0.25, 0.3) is 11.1 Å². The van der Waals surface area contributed by atoms with Crippen molar-refractivity contribution in [1.82, 2.24) is 4.57 Å². The average Bonchev–Trinajstić information content (AvgIpc) is 2.63. The molecule has 3 aromatic rings. The third kappa shape index (κ3) is 3.67. The van der Waals surface area contributed by atoms with E-state index in [-0.39, 0.29) is 11.1 Å². The Balaban J connectivity index is 1.98. The first-order valence-electron chi connectivity index (χ1n) is 8.22. The van der Waals surface area contributed by atoms with Crippen molar-refractivity contribution in [3.05, 3.63) is 87.8 Å². The Kier molecular flexibility index (Phi) is 4.89. The van der Waals surface area contributed by atoms with E-state index in [1.807, 2.05) is 43.3 Å². The van der Waals surface area contributed by atoms with Crippen LogP contribution < -0.4 is 16.0 Å². The minimum atomic E-state index is -0.611. The van der Waals surface area contributed by atoms with Gasteiger partial charge in [0.2, 0.25) is 5.91 Å². The summed E-state index contributed by atoms with van der Waals surface area (Å²) < 4.78 is 7.03. The summed E-state index contributed by atoms with van der Waals surface area (Å²) >= 11 is 0. The van der Waals surface area contributed by atoms with Crippen LogP contribution in [0.5, 0.6) is 5.75 Å². The largest absolute Gasteiger partial charge is 0.496 e. The maximum absolute atomic E-state index is 12.2. The number of carbonyl (C=O) groups excluding carboxylic acids is 1. The van der Waals surface area contributed by atoms with Gasteiger partial charge in [0.15, 0.2) is 0 Å². The zero-order valence-corrected chi connectivity index (χ0v) is 14.7. The summed E-state index contributed by atoms with van der Waals surface area (Å²) in [5.74, 6) is 0.163. The molecule has 132 valence electrons. The lowest BCUT2D eigenvalue weighted by Gasteiger charge is -2.13. The van der Waals surface area contributed by atoms with Crippen molar-refractivity contribution in [3.63, 3.8) is 0 Å². The van der Waals surface area contributed by atoms with E-state index in [0.29, 0.717) is 6.54 Å². The second-order valence-electron chi connectivity index (χ2n) is 6.15. The fraction of sp³-hybridized carbons (Fsp3) is 0.143. The number of ether oxygens (including phenoxy) is 1. The minimum absolute atomic E-state index is 0.210. The van der Waals surface area contributed by atoms with E-state index in [0.717, 1.165) is 28.0 Å². The Bertz CT molecular complexity index is 1020. The number of primary amides is 1. The zero-order chi connectivity index (χ0) is 18.7. The predicted octanol–water partition coefficient (Wildman–Crippen LogP) is 2.98. The molecule has 5 nitrogen and oxygen atoms in total. The SMILES string of the molecule is COc1ccc(Cn2ccc(C(N)=O)cc2=O)cc1-c1cccc(C)c1. The first-order valence-corrected chi connectivity index (χ1v) is 8.22. The highest BCUT2D eigenvalue weighted by Gasteiger charge is 2.09. The van der Waals surface area contributed by atoms with Crippen molar-refractivity contribution >= 4 is 5.91 Å². The molecule has 0 bridgehead atoms. The van der Waals surface area contributed by atoms with Gasteiger partial charge in [-0.2, -0.15) is 0 Å². The molecule has 0 aliphatic carbocycles. The Morgan fingerprint density at radius 1 is 1.12 bits per heavy atom. The van der Waals surface area contributed by atoms with Gasteiger partial charge in [-0.3, -0.25) is 9.59 Å². The number of aryl methyl sites for hydroxylation is 1. The average molecular weight is 348 g/mol. The molecule has 1 aromatic heterocycles. The van der Waals surface area contributed by atoms with Crippen LogP contribution in [-0.2, 0) is 6.54 Å². The molecule has 0 radical (unpaired) electrons. The van der Waals surface area contributed by atoms with Gasteiger partial charge in [-0.1, -0.05) is 35.9 Å². The summed E-state index contributed by atoms with van der Waals surface area (Å²) in [5.41, 5.74) is 9.29. The van der Waals surface area contributed by atoms with Crippen molar-refractivity contribution in [3.8, 4) is 16.9 Å². The van der Waals surface area contributed by atoms with E-state index < -0.39 is 5.91 Å². The summed E-state index contributed by atoms with van der Waals surface area (Å²) in [4.78, 5) is 23.4. The van der Waals surface area contributed by atoms with Crippen LogP contribution in [0.15, 0.2) is 65.6 Å². The fourth-order valence-corrected chi connectivity index (χ4v) is 2.88. The Morgan fingerprint density at radius 3 is 2.58 bits per heavy atom. The highest BCUT2D eigenvalue weighted by molar-refractivity contribution is 5.92. The van der Waals surface area contributed by atoms with Gasteiger partial charge in [0.25, 0.3) is 5.56 Å². The molecule has 0 atom stereocenters. The van der Waals surface area contributed by atoms with Gasteiger partial charge in [0, 0.05) is 23.4 Å². The molecule has 1 heterocycles. The number of carbonyl (C=O) groups is 1. The molecule has 3 rings (SSSR count). The van der Waals surface area contributed by atoms with Gasteiger partial charge >= 0.3 is 0 Å². The molecule has 2 N–H and O–H groups in total. The van der Waals surface area contributed by atoms with Crippen LogP contribution in [0.2, 0.25) is 0 Å². The molecule has 0 spiro atoms. The number of methoxy groups -OCH3 is 1. The highest BCUT2D eigenvalue weighted by Crippen LogP contribution is 2.31. The monoisotopic (exact) mass is 348 g/mol. The lowest BCUT2D eigenvalue weighted by atomic mass is 10.00. The number of rotatable bonds is 5. The maximum Gasteiger partial charge on any atom is 0.251 e. The highest BCUT2D eigenvalue weighted by atomic mass is 16.5. The molecule has 2 aromatic carbocycles. The quantitative estimate of drug-likeness (QED) is 0.770. The number of benzene rings is 2. The number of aromatic nitrogens is 1. The van der Waals surface area contributed by atoms with E-state index in [9.17, 15) is 9.59 Å². The lowest BCUT2D eigenvalue weighted by molar-refractivity contribution is 0.1000. The van der Waals surface area contributed by atoms with Crippen molar-refractivity contribution in [2.45, 2.75) is 13.5 Å². The van der Waals surface area contributed by atoms with Crippen LogP contribution in [-0.4, -0.2) is 17.6 Å². The predicted molar refractivity (Wildman–Crippen MR) is 101 cm³/mol. The third-order valence-electron chi connectivity index (χ3n) is 4.23. The van der Waals surface area contributed by atoms with E-state index in [1.165, 1.54) is 10.6 Å².